The van der Waals surface area contributed by atoms with Crippen molar-refractivity contribution in [1.82, 2.24) is 0 Å². The van der Waals surface area contributed by atoms with Gasteiger partial charge in [-0.2, -0.15) is 43.5 Å². The van der Waals surface area contributed by atoms with Crippen LogP contribution in [0.2, 0.25) is 0 Å². The van der Waals surface area contributed by atoms with Crippen LogP contribution in [0.25, 0.3) is 0 Å². The van der Waals surface area contributed by atoms with Gasteiger partial charge in [0.25, 0.3) is 6.10 Å². The zero-order valence-corrected chi connectivity index (χ0v) is 12.1. The van der Waals surface area contributed by atoms with Crippen molar-refractivity contribution < 1.29 is 57.6 Å². The second kappa shape index (κ2) is 6.03. The number of alkyl halides is 8. The molecule has 0 aromatic rings. The second-order valence-corrected chi connectivity index (χ2v) is 6.04. The molecule has 0 heterocycles. The molecule has 0 bridgehead atoms. The van der Waals surface area contributed by atoms with Gasteiger partial charge in [0, 0.05) is 0 Å². The third-order valence-corrected chi connectivity index (χ3v) is 3.86. The van der Waals surface area contributed by atoms with E-state index in [4.69, 9.17) is 4.55 Å². The highest BCUT2D eigenvalue weighted by molar-refractivity contribution is 7.86. The van der Waals surface area contributed by atoms with E-state index in [0.717, 1.165) is 6.92 Å². The number of carbonyl (C=O) groups excluding carboxylic acids is 1. The highest BCUT2D eigenvalue weighted by Gasteiger charge is 2.68. The molecule has 0 aliphatic heterocycles. The van der Waals surface area contributed by atoms with Crippen LogP contribution < -0.4 is 0 Å². The van der Waals surface area contributed by atoms with Crippen molar-refractivity contribution in [1.29, 1.82) is 0 Å². The second-order valence-electron chi connectivity index (χ2n) is 4.55. The van der Waals surface area contributed by atoms with Gasteiger partial charge in [0.1, 0.15) is 0 Å². The monoisotopic (exact) mass is 382 g/mol. The summed E-state index contributed by atoms with van der Waals surface area (Å²) in [7, 11) is -6.73. The topological polar surface area (TPSA) is 80.7 Å². The number of ether oxygens (including phenoxy) is 1. The summed E-state index contributed by atoms with van der Waals surface area (Å²) in [5, 5.41) is -6.10. The molecule has 0 aliphatic rings. The van der Waals surface area contributed by atoms with Gasteiger partial charge in [-0.3, -0.25) is 9.35 Å². The van der Waals surface area contributed by atoms with E-state index in [1.165, 1.54) is 0 Å². The standard InChI is InChI=1S/C9H10F8O5S/c1-3-6(2,9(15,16)17)5(18)22-4(7(10,11)12)8(13,14)23(19,20)21/h4H,3H2,1-2H3,(H,19,20,21). The first-order valence-electron chi connectivity index (χ1n) is 5.51. The first-order chi connectivity index (χ1) is 9.82. The van der Waals surface area contributed by atoms with Gasteiger partial charge in [-0.1, -0.05) is 6.92 Å². The van der Waals surface area contributed by atoms with E-state index in [1.54, 1.807) is 0 Å². The molecule has 138 valence electrons. The number of carbonyl (C=O) groups is 1. The minimum atomic E-state index is -6.73. The lowest BCUT2D eigenvalue weighted by Crippen LogP contribution is -2.55. The summed E-state index contributed by atoms with van der Waals surface area (Å²) in [5.41, 5.74) is -3.59. The van der Waals surface area contributed by atoms with Gasteiger partial charge in [-0.05, 0) is 13.3 Å². The molecule has 23 heavy (non-hydrogen) atoms. The molecule has 1 N–H and O–H groups in total. The fraction of sp³-hybridized carbons (Fsp3) is 0.889. The highest BCUT2D eigenvalue weighted by atomic mass is 32.2. The predicted octanol–water partition coefficient (Wildman–Crippen LogP) is 2.92. The van der Waals surface area contributed by atoms with E-state index < -0.39 is 51.6 Å². The molecule has 0 rings (SSSR count). The third kappa shape index (κ3) is 4.22. The lowest BCUT2D eigenvalue weighted by Gasteiger charge is -2.32. The molecule has 0 spiro atoms. The van der Waals surface area contributed by atoms with Crippen LogP contribution in [0.4, 0.5) is 35.1 Å². The maximum Gasteiger partial charge on any atom is 0.432 e. The van der Waals surface area contributed by atoms with Crippen LogP contribution in [-0.4, -0.2) is 42.7 Å². The van der Waals surface area contributed by atoms with Gasteiger partial charge in [-0.25, -0.2) is 0 Å². The Balaban J connectivity index is 5.93. The van der Waals surface area contributed by atoms with Gasteiger partial charge in [0.05, 0.1) is 0 Å². The summed E-state index contributed by atoms with van der Waals surface area (Å²) < 4.78 is 134. The van der Waals surface area contributed by atoms with Crippen LogP contribution in [-0.2, 0) is 19.6 Å². The van der Waals surface area contributed by atoms with Crippen LogP contribution in [0.3, 0.4) is 0 Å². The largest absolute Gasteiger partial charge is 0.444 e. The van der Waals surface area contributed by atoms with E-state index in [2.05, 4.69) is 4.74 Å². The van der Waals surface area contributed by atoms with E-state index in [0.29, 0.717) is 0 Å². The van der Waals surface area contributed by atoms with Gasteiger partial charge >= 0.3 is 33.7 Å². The van der Waals surface area contributed by atoms with Gasteiger partial charge in [0.15, 0.2) is 5.41 Å². The highest BCUT2D eigenvalue weighted by Crippen LogP contribution is 2.44. The van der Waals surface area contributed by atoms with E-state index in [1.807, 2.05) is 0 Å². The Morgan fingerprint density at radius 2 is 1.48 bits per heavy atom. The molecule has 0 radical (unpaired) electrons. The van der Waals surface area contributed by atoms with E-state index in [-0.39, 0.29) is 6.92 Å². The predicted molar refractivity (Wildman–Crippen MR) is 56.9 cm³/mol. The molecule has 2 atom stereocenters. The zero-order valence-electron chi connectivity index (χ0n) is 11.3. The molecule has 0 aliphatic carbocycles. The molecule has 0 saturated heterocycles. The molecule has 14 heteroatoms. The number of hydrogen-bond donors (Lipinski definition) is 1. The van der Waals surface area contributed by atoms with Gasteiger partial charge in [-0.15, -0.1) is 0 Å². The van der Waals surface area contributed by atoms with Crippen molar-refractivity contribution in [2.24, 2.45) is 5.41 Å². The first-order valence-corrected chi connectivity index (χ1v) is 6.95. The summed E-state index contributed by atoms with van der Waals surface area (Å²) in [4.78, 5) is 11.3. The Bertz CT molecular complexity index is 551. The van der Waals surface area contributed by atoms with E-state index in [9.17, 15) is 48.3 Å². The number of halogens is 8. The lowest BCUT2D eigenvalue weighted by atomic mass is 9.87. The van der Waals surface area contributed by atoms with Crippen LogP contribution in [0.5, 0.6) is 0 Å². The molecule has 0 amide bonds. The zero-order chi connectivity index (χ0) is 19.1. The average molecular weight is 382 g/mol. The molecule has 0 aromatic carbocycles. The third-order valence-electron chi connectivity index (χ3n) is 2.95. The Kier molecular flexibility index (Phi) is 5.72. The quantitative estimate of drug-likeness (QED) is 0.449. The van der Waals surface area contributed by atoms with Gasteiger partial charge < -0.3 is 4.74 Å². The molecular formula is C9H10F8O5S. The van der Waals surface area contributed by atoms with Crippen LogP contribution in [0.15, 0.2) is 0 Å². The SMILES string of the molecule is CCC(C)(C(=O)OC(C(F)(F)F)C(F)(F)S(=O)(=O)O)C(F)(F)F. The summed E-state index contributed by atoms with van der Waals surface area (Å²) in [6, 6.07) is 0. The summed E-state index contributed by atoms with van der Waals surface area (Å²) in [6.45, 7) is 0.812. The first kappa shape index (κ1) is 21.8. The normalized spacial score (nSPS) is 18.2. The Labute approximate surface area is 124 Å². The Morgan fingerprint density at radius 3 is 1.70 bits per heavy atom. The fourth-order valence-corrected chi connectivity index (χ4v) is 1.61. The molecule has 2 unspecified atom stereocenters. The smallest absolute Gasteiger partial charge is 0.432 e. The lowest BCUT2D eigenvalue weighted by molar-refractivity contribution is -0.277. The maximum atomic E-state index is 13.1. The van der Waals surface area contributed by atoms with Crippen LogP contribution >= 0.6 is 0 Å². The molecule has 0 aromatic heterocycles. The fourth-order valence-electron chi connectivity index (χ4n) is 1.16. The molecule has 0 saturated carbocycles. The molecule has 5 nitrogen and oxygen atoms in total. The van der Waals surface area contributed by atoms with Crippen molar-refractivity contribution in [2.45, 2.75) is 44.0 Å². The average Bonchev–Trinajstić information content (AvgIpc) is 2.29. The Morgan fingerprint density at radius 1 is 1.09 bits per heavy atom. The van der Waals surface area contributed by atoms with Crippen molar-refractivity contribution in [3.63, 3.8) is 0 Å². The van der Waals surface area contributed by atoms with Crippen molar-refractivity contribution in [3.05, 3.63) is 0 Å². The summed E-state index contributed by atoms with van der Waals surface area (Å²) in [5.74, 6) is -2.77. The number of esters is 1. The number of hydrogen-bond acceptors (Lipinski definition) is 4. The van der Waals surface area contributed by atoms with Crippen molar-refractivity contribution >= 4 is 16.1 Å². The van der Waals surface area contributed by atoms with Gasteiger partial charge in [0.2, 0.25) is 0 Å². The number of rotatable bonds is 5. The minimum Gasteiger partial charge on any atom is -0.444 e. The van der Waals surface area contributed by atoms with Crippen molar-refractivity contribution in [3.8, 4) is 0 Å². The van der Waals surface area contributed by atoms with Crippen LogP contribution in [0, 0.1) is 5.41 Å². The van der Waals surface area contributed by atoms with E-state index >= 15 is 0 Å². The Hall–Kier alpha value is -1.18. The summed E-state index contributed by atoms with van der Waals surface area (Å²) in [6.07, 6.45) is -17.7. The van der Waals surface area contributed by atoms with Crippen LogP contribution in [0.1, 0.15) is 20.3 Å². The molecule has 0 fully saturated rings. The van der Waals surface area contributed by atoms with Crippen molar-refractivity contribution in [2.75, 3.05) is 0 Å². The minimum absolute atomic E-state index is 0.0916. The molecular weight excluding hydrogens is 372 g/mol. The summed E-state index contributed by atoms with van der Waals surface area (Å²) >= 11 is 0. The maximum absolute atomic E-state index is 13.1.